The highest BCUT2D eigenvalue weighted by molar-refractivity contribution is 7.98. The lowest BCUT2D eigenvalue weighted by molar-refractivity contribution is 0.630. The van der Waals surface area contributed by atoms with E-state index in [1.165, 1.54) is 17.8 Å². The zero-order valence-corrected chi connectivity index (χ0v) is 14.3. The fourth-order valence-corrected chi connectivity index (χ4v) is 3.55. The minimum atomic E-state index is -0.460. The van der Waals surface area contributed by atoms with Crippen molar-refractivity contribution in [2.75, 3.05) is 5.73 Å². The molecule has 0 amide bonds. The van der Waals surface area contributed by atoms with E-state index < -0.39 is 5.82 Å². The fraction of sp³-hybridized carbons (Fsp3) is 0.125. The normalized spacial score (nSPS) is 10.5. The quantitative estimate of drug-likeness (QED) is 0.564. The molecule has 0 saturated heterocycles. The van der Waals surface area contributed by atoms with Crippen LogP contribution >= 0.6 is 23.1 Å². The van der Waals surface area contributed by atoms with Gasteiger partial charge in [-0.2, -0.15) is 5.26 Å². The van der Waals surface area contributed by atoms with E-state index in [0.717, 1.165) is 10.7 Å². The molecule has 2 N–H and O–H groups in total. The summed E-state index contributed by atoms with van der Waals surface area (Å²) in [6.07, 6.45) is 0. The summed E-state index contributed by atoms with van der Waals surface area (Å²) >= 11 is 2.91. The largest absolute Gasteiger partial charge is 0.382 e. The second kappa shape index (κ2) is 6.95. The van der Waals surface area contributed by atoms with Crippen molar-refractivity contribution in [2.45, 2.75) is 17.8 Å². The molecule has 0 atom stereocenters. The maximum absolute atomic E-state index is 14.1. The van der Waals surface area contributed by atoms with Crippen LogP contribution in [0.25, 0.3) is 11.3 Å². The molecule has 0 bridgehead atoms. The predicted octanol–water partition coefficient (Wildman–Crippen LogP) is 3.79. The first-order valence-electron chi connectivity index (χ1n) is 6.95. The van der Waals surface area contributed by atoms with Crippen LogP contribution in [0.3, 0.4) is 0 Å². The maximum atomic E-state index is 14.1. The molecule has 1 aromatic carbocycles. The Balaban J connectivity index is 1.98. The van der Waals surface area contributed by atoms with Gasteiger partial charge in [0, 0.05) is 16.7 Å². The topological polar surface area (TPSA) is 88.5 Å². The number of aryl methyl sites for hydroxylation is 1. The molecule has 2 heterocycles. The molecule has 0 saturated carbocycles. The molecular formula is C16H12FN5S2. The molecule has 0 aliphatic rings. The molecule has 3 rings (SSSR count). The lowest BCUT2D eigenvalue weighted by Crippen LogP contribution is -2.03. The van der Waals surface area contributed by atoms with Crippen LogP contribution in [-0.2, 0) is 5.75 Å². The first-order chi connectivity index (χ1) is 11.6. The Morgan fingerprint density at radius 1 is 1.29 bits per heavy atom. The van der Waals surface area contributed by atoms with Gasteiger partial charge in [-0.3, -0.25) is 0 Å². The van der Waals surface area contributed by atoms with E-state index in [1.54, 1.807) is 29.5 Å². The molecule has 0 unspecified atom stereocenters. The van der Waals surface area contributed by atoms with E-state index in [0.29, 0.717) is 10.9 Å². The molecule has 120 valence electrons. The summed E-state index contributed by atoms with van der Waals surface area (Å²) < 4.78 is 14.1. The Morgan fingerprint density at radius 3 is 2.75 bits per heavy atom. The van der Waals surface area contributed by atoms with Gasteiger partial charge in [-0.25, -0.2) is 19.3 Å². The summed E-state index contributed by atoms with van der Waals surface area (Å²) in [5.74, 6) is 0.160. The zero-order chi connectivity index (χ0) is 17.1. The van der Waals surface area contributed by atoms with Gasteiger partial charge < -0.3 is 5.73 Å². The average Bonchev–Trinajstić information content (AvgIpc) is 2.98. The van der Waals surface area contributed by atoms with Crippen LogP contribution in [0.5, 0.6) is 0 Å². The molecule has 5 nitrogen and oxygen atoms in total. The Kier molecular flexibility index (Phi) is 4.74. The van der Waals surface area contributed by atoms with E-state index in [9.17, 15) is 9.65 Å². The van der Waals surface area contributed by atoms with Crippen LogP contribution in [-0.4, -0.2) is 15.0 Å². The molecule has 0 aliphatic heterocycles. The van der Waals surface area contributed by atoms with E-state index in [2.05, 4.69) is 15.0 Å². The minimum Gasteiger partial charge on any atom is -0.382 e. The third kappa shape index (κ3) is 3.37. The Labute approximate surface area is 146 Å². The van der Waals surface area contributed by atoms with Crippen LogP contribution in [0, 0.1) is 24.1 Å². The molecule has 0 radical (unpaired) electrons. The molecule has 24 heavy (non-hydrogen) atoms. The van der Waals surface area contributed by atoms with Crippen LogP contribution in [0.15, 0.2) is 34.8 Å². The highest BCUT2D eigenvalue weighted by Gasteiger charge is 2.17. The van der Waals surface area contributed by atoms with Crippen molar-refractivity contribution in [3.8, 4) is 17.3 Å². The fourth-order valence-electron chi connectivity index (χ4n) is 2.09. The minimum absolute atomic E-state index is 0.0442. The predicted molar refractivity (Wildman–Crippen MR) is 93.0 cm³/mol. The standard InChI is InChI=1S/C16H12FN5S2/c1-9-20-10(7-23-9)8-24-16-21-14(12(6-18)15(19)22-16)11-4-2-3-5-13(11)17/h2-5,7H,8H2,1H3,(H2,19,21,22). The highest BCUT2D eigenvalue weighted by Crippen LogP contribution is 2.30. The van der Waals surface area contributed by atoms with Crippen LogP contribution in [0.4, 0.5) is 10.2 Å². The number of thiazole rings is 1. The van der Waals surface area contributed by atoms with E-state index in [1.807, 2.05) is 18.4 Å². The first-order valence-corrected chi connectivity index (χ1v) is 8.81. The van der Waals surface area contributed by atoms with Gasteiger partial charge in [-0.1, -0.05) is 23.9 Å². The number of nitrogens with zero attached hydrogens (tertiary/aromatic N) is 4. The number of nitrogen functional groups attached to an aromatic ring is 1. The summed E-state index contributed by atoms with van der Waals surface area (Å²) in [6, 6.07) is 8.10. The van der Waals surface area contributed by atoms with Crippen molar-refractivity contribution in [2.24, 2.45) is 0 Å². The summed E-state index contributed by atoms with van der Waals surface area (Å²) in [5, 5.41) is 12.6. The molecule has 0 fully saturated rings. The van der Waals surface area contributed by atoms with Crippen molar-refractivity contribution in [3.05, 3.63) is 51.7 Å². The van der Waals surface area contributed by atoms with Crippen molar-refractivity contribution >= 4 is 28.9 Å². The third-order valence-electron chi connectivity index (χ3n) is 3.17. The number of rotatable bonds is 4. The van der Waals surface area contributed by atoms with Gasteiger partial charge in [-0.05, 0) is 19.1 Å². The number of thioether (sulfide) groups is 1. The first kappa shape index (κ1) is 16.4. The maximum Gasteiger partial charge on any atom is 0.190 e. The second-order valence-electron chi connectivity index (χ2n) is 4.85. The molecule has 0 aliphatic carbocycles. The number of nitriles is 1. The van der Waals surface area contributed by atoms with Crippen molar-refractivity contribution in [1.82, 2.24) is 15.0 Å². The second-order valence-corrected chi connectivity index (χ2v) is 6.86. The summed E-state index contributed by atoms with van der Waals surface area (Å²) in [5.41, 5.74) is 7.31. The SMILES string of the molecule is Cc1nc(CSc2nc(N)c(C#N)c(-c3ccccc3F)n2)cs1. The van der Waals surface area contributed by atoms with Gasteiger partial charge in [0.05, 0.1) is 16.4 Å². The Morgan fingerprint density at radius 2 is 2.08 bits per heavy atom. The van der Waals surface area contributed by atoms with Gasteiger partial charge in [0.15, 0.2) is 5.16 Å². The van der Waals surface area contributed by atoms with Crippen LogP contribution < -0.4 is 5.73 Å². The van der Waals surface area contributed by atoms with Gasteiger partial charge in [-0.15, -0.1) is 11.3 Å². The molecule has 0 spiro atoms. The van der Waals surface area contributed by atoms with Gasteiger partial charge in [0.1, 0.15) is 23.3 Å². The lowest BCUT2D eigenvalue weighted by Gasteiger charge is -2.09. The number of halogens is 1. The summed E-state index contributed by atoms with van der Waals surface area (Å²) in [7, 11) is 0. The summed E-state index contributed by atoms with van der Waals surface area (Å²) in [6.45, 7) is 1.94. The number of hydrogen-bond donors (Lipinski definition) is 1. The Hall–Kier alpha value is -2.50. The van der Waals surface area contributed by atoms with Crippen molar-refractivity contribution in [3.63, 3.8) is 0 Å². The van der Waals surface area contributed by atoms with E-state index in [-0.39, 0.29) is 22.6 Å². The lowest BCUT2D eigenvalue weighted by atomic mass is 10.1. The highest BCUT2D eigenvalue weighted by atomic mass is 32.2. The monoisotopic (exact) mass is 357 g/mol. The number of aromatic nitrogens is 3. The number of hydrogen-bond acceptors (Lipinski definition) is 7. The van der Waals surface area contributed by atoms with Crippen molar-refractivity contribution in [1.29, 1.82) is 5.26 Å². The smallest absolute Gasteiger partial charge is 0.190 e. The van der Waals surface area contributed by atoms with Crippen LogP contribution in [0.1, 0.15) is 16.3 Å². The molecule has 2 aromatic heterocycles. The van der Waals surface area contributed by atoms with Gasteiger partial charge in [0.2, 0.25) is 0 Å². The van der Waals surface area contributed by atoms with Gasteiger partial charge >= 0.3 is 0 Å². The Bertz CT molecular complexity index is 932. The molecule has 8 heteroatoms. The van der Waals surface area contributed by atoms with Crippen molar-refractivity contribution < 1.29 is 4.39 Å². The van der Waals surface area contributed by atoms with E-state index >= 15 is 0 Å². The zero-order valence-electron chi connectivity index (χ0n) is 12.7. The molecule has 3 aromatic rings. The van der Waals surface area contributed by atoms with Gasteiger partial charge in [0.25, 0.3) is 0 Å². The average molecular weight is 357 g/mol. The van der Waals surface area contributed by atoms with E-state index in [4.69, 9.17) is 5.73 Å². The number of nitrogens with two attached hydrogens (primary N) is 1. The summed E-state index contributed by atoms with van der Waals surface area (Å²) in [4.78, 5) is 12.9. The molecular weight excluding hydrogens is 345 g/mol. The van der Waals surface area contributed by atoms with Crippen LogP contribution in [0.2, 0.25) is 0 Å². The number of anilines is 1. The number of benzene rings is 1. The third-order valence-corrected chi connectivity index (χ3v) is 4.88.